The molecule has 0 aromatic carbocycles. The van der Waals surface area contributed by atoms with E-state index in [-0.39, 0.29) is 12.1 Å². The van der Waals surface area contributed by atoms with Gasteiger partial charge in [0.2, 0.25) is 0 Å². The Bertz CT molecular complexity index is 254. The molecule has 0 amide bonds. The van der Waals surface area contributed by atoms with E-state index in [0.29, 0.717) is 0 Å². The van der Waals surface area contributed by atoms with E-state index < -0.39 is 5.54 Å². The third-order valence-corrected chi connectivity index (χ3v) is 3.84. The number of nitrogens with two attached hydrogens (primary N) is 1. The molecule has 0 aromatic heterocycles. The largest absolute Gasteiger partial charge is 0.461 e. The first-order chi connectivity index (χ1) is 7.60. The highest BCUT2D eigenvalue weighted by atomic mass is 16.5. The maximum absolute atomic E-state index is 12.0. The minimum Gasteiger partial charge on any atom is -0.461 e. The van der Waals surface area contributed by atoms with Crippen LogP contribution < -0.4 is 5.73 Å². The number of carbonyl (C=O) groups is 1. The van der Waals surface area contributed by atoms with Gasteiger partial charge in [-0.3, -0.25) is 4.79 Å². The second kappa shape index (κ2) is 4.72. The topological polar surface area (TPSA) is 55.6 Å². The minimum absolute atomic E-state index is 0.0877. The maximum atomic E-state index is 12.0. The van der Waals surface area contributed by atoms with Gasteiger partial charge in [0.05, 0.1) is 0 Å². The van der Waals surface area contributed by atoms with E-state index in [9.17, 15) is 4.79 Å². The summed E-state index contributed by atoms with van der Waals surface area (Å²) >= 11 is 0. The van der Waals surface area contributed by atoms with Gasteiger partial charge in [-0.05, 0) is 32.7 Å². The Labute approximate surface area is 97.1 Å². The van der Waals surface area contributed by atoms with Gasteiger partial charge in [-0.1, -0.05) is 12.8 Å². The van der Waals surface area contributed by atoms with Crippen LogP contribution in [0, 0.1) is 0 Å². The highest BCUT2D eigenvalue weighted by Gasteiger charge is 2.39. The molecule has 4 heteroatoms. The predicted molar refractivity (Wildman–Crippen MR) is 62.0 cm³/mol. The van der Waals surface area contributed by atoms with Crippen LogP contribution in [0.4, 0.5) is 0 Å². The molecule has 0 bridgehead atoms. The summed E-state index contributed by atoms with van der Waals surface area (Å²) in [5, 5.41) is 0. The van der Waals surface area contributed by atoms with Crippen LogP contribution in [0.1, 0.15) is 38.5 Å². The van der Waals surface area contributed by atoms with Gasteiger partial charge in [0.25, 0.3) is 0 Å². The first kappa shape index (κ1) is 11.9. The second-order valence-corrected chi connectivity index (χ2v) is 5.27. The van der Waals surface area contributed by atoms with E-state index in [4.69, 9.17) is 10.5 Å². The van der Waals surface area contributed by atoms with E-state index in [1.54, 1.807) is 0 Å². The Kier molecular flexibility index (Phi) is 3.50. The summed E-state index contributed by atoms with van der Waals surface area (Å²) in [6, 6.07) is 0. The first-order valence-corrected chi connectivity index (χ1v) is 6.29. The third kappa shape index (κ3) is 2.55. The molecule has 0 unspecified atom stereocenters. The fourth-order valence-electron chi connectivity index (χ4n) is 2.58. The van der Waals surface area contributed by atoms with Gasteiger partial charge in [-0.25, -0.2) is 0 Å². The van der Waals surface area contributed by atoms with Crippen LogP contribution >= 0.6 is 0 Å². The summed E-state index contributed by atoms with van der Waals surface area (Å²) in [5.74, 6) is -0.167. The number of rotatable bonds is 2. The van der Waals surface area contributed by atoms with Crippen molar-refractivity contribution in [2.75, 3.05) is 20.1 Å². The summed E-state index contributed by atoms with van der Waals surface area (Å²) in [6.07, 6.45) is 5.66. The molecule has 92 valence electrons. The molecule has 1 heterocycles. The van der Waals surface area contributed by atoms with Crippen molar-refractivity contribution in [1.82, 2.24) is 4.90 Å². The van der Waals surface area contributed by atoms with Crippen LogP contribution in [0.5, 0.6) is 0 Å². The van der Waals surface area contributed by atoms with E-state index >= 15 is 0 Å². The average Bonchev–Trinajstić information content (AvgIpc) is 2.70. The van der Waals surface area contributed by atoms with Crippen LogP contribution in [0.2, 0.25) is 0 Å². The fraction of sp³-hybridized carbons (Fsp3) is 0.917. The van der Waals surface area contributed by atoms with E-state index in [1.165, 1.54) is 0 Å². The Morgan fingerprint density at radius 3 is 2.44 bits per heavy atom. The lowest BCUT2D eigenvalue weighted by Gasteiger charge is -2.31. The molecular formula is C12H22N2O2. The van der Waals surface area contributed by atoms with Crippen molar-refractivity contribution in [3.8, 4) is 0 Å². The molecule has 0 aromatic rings. The van der Waals surface area contributed by atoms with Gasteiger partial charge in [0.1, 0.15) is 11.6 Å². The molecule has 0 atom stereocenters. The molecule has 1 saturated heterocycles. The van der Waals surface area contributed by atoms with Crippen LogP contribution in [0.15, 0.2) is 0 Å². The molecule has 1 aliphatic heterocycles. The molecule has 0 spiro atoms. The Morgan fingerprint density at radius 1 is 1.31 bits per heavy atom. The fourth-order valence-corrected chi connectivity index (χ4v) is 2.58. The second-order valence-electron chi connectivity index (χ2n) is 5.27. The predicted octanol–water partition coefficient (Wildman–Crippen LogP) is 0.895. The van der Waals surface area contributed by atoms with E-state index in [0.717, 1.165) is 51.6 Å². The Hall–Kier alpha value is -0.610. The Balaban J connectivity index is 1.83. The molecule has 2 aliphatic rings. The SMILES string of the molecule is CN1CCC(OC(=O)C2(N)CCCC2)CC1. The molecular weight excluding hydrogens is 204 g/mol. The molecule has 2 fully saturated rings. The first-order valence-electron chi connectivity index (χ1n) is 6.29. The van der Waals surface area contributed by atoms with E-state index in [2.05, 4.69) is 11.9 Å². The number of likely N-dealkylation sites (tertiary alicyclic amines) is 1. The van der Waals surface area contributed by atoms with Crippen molar-refractivity contribution in [1.29, 1.82) is 0 Å². The van der Waals surface area contributed by atoms with Crippen molar-refractivity contribution >= 4 is 5.97 Å². The normalized spacial score (nSPS) is 26.9. The molecule has 1 aliphatic carbocycles. The van der Waals surface area contributed by atoms with Gasteiger partial charge in [0.15, 0.2) is 0 Å². The average molecular weight is 226 g/mol. The number of esters is 1. The third-order valence-electron chi connectivity index (χ3n) is 3.84. The van der Waals surface area contributed by atoms with Crippen molar-refractivity contribution in [3.63, 3.8) is 0 Å². The lowest BCUT2D eigenvalue weighted by atomic mass is 9.99. The number of piperidine rings is 1. The quantitative estimate of drug-likeness (QED) is 0.711. The van der Waals surface area contributed by atoms with Gasteiger partial charge in [-0.2, -0.15) is 0 Å². The van der Waals surface area contributed by atoms with Crippen LogP contribution in [0.25, 0.3) is 0 Å². The summed E-state index contributed by atoms with van der Waals surface area (Å²) in [5.41, 5.74) is 5.38. The number of ether oxygens (including phenoxy) is 1. The zero-order valence-corrected chi connectivity index (χ0v) is 10.1. The van der Waals surface area contributed by atoms with Crippen molar-refractivity contribution in [2.24, 2.45) is 5.73 Å². The molecule has 1 saturated carbocycles. The van der Waals surface area contributed by atoms with Crippen molar-refractivity contribution in [2.45, 2.75) is 50.2 Å². The standard InChI is InChI=1S/C12H22N2O2/c1-14-8-4-10(5-9-14)16-11(15)12(13)6-2-3-7-12/h10H,2-9,13H2,1H3. The van der Waals surface area contributed by atoms with Crippen LogP contribution in [-0.2, 0) is 9.53 Å². The summed E-state index contributed by atoms with van der Waals surface area (Å²) in [6.45, 7) is 2.02. The number of carbonyl (C=O) groups excluding carboxylic acids is 1. The molecule has 16 heavy (non-hydrogen) atoms. The maximum Gasteiger partial charge on any atom is 0.326 e. The van der Waals surface area contributed by atoms with Crippen LogP contribution in [0.3, 0.4) is 0 Å². The number of hydrogen-bond donors (Lipinski definition) is 1. The number of hydrogen-bond acceptors (Lipinski definition) is 4. The summed E-state index contributed by atoms with van der Waals surface area (Å²) < 4.78 is 5.54. The monoisotopic (exact) mass is 226 g/mol. The Morgan fingerprint density at radius 2 is 1.88 bits per heavy atom. The van der Waals surface area contributed by atoms with Gasteiger partial charge in [-0.15, -0.1) is 0 Å². The van der Waals surface area contributed by atoms with Gasteiger partial charge < -0.3 is 15.4 Å². The lowest BCUT2D eigenvalue weighted by molar-refractivity contribution is -0.157. The highest BCUT2D eigenvalue weighted by Crippen LogP contribution is 2.29. The van der Waals surface area contributed by atoms with Gasteiger partial charge in [0, 0.05) is 13.1 Å². The molecule has 2 N–H and O–H groups in total. The van der Waals surface area contributed by atoms with E-state index in [1.807, 2.05) is 0 Å². The summed E-state index contributed by atoms with van der Waals surface area (Å²) in [7, 11) is 2.10. The highest BCUT2D eigenvalue weighted by molar-refractivity contribution is 5.81. The molecule has 4 nitrogen and oxygen atoms in total. The molecule has 2 rings (SSSR count). The lowest BCUT2D eigenvalue weighted by Crippen LogP contribution is -2.48. The summed E-state index contributed by atoms with van der Waals surface area (Å²) in [4.78, 5) is 14.2. The number of nitrogens with zero attached hydrogens (tertiary/aromatic N) is 1. The van der Waals surface area contributed by atoms with Crippen LogP contribution in [-0.4, -0.2) is 42.6 Å². The zero-order valence-electron chi connectivity index (χ0n) is 10.1. The zero-order chi connectivity index (χ0) is 11.6. The molecule has 0 radical (unpaired) electrons. The smallest absolute Gasteiger partial charge is 0.326 e. The van der Waals surface area contributed by atoms with Crippen molar-refractivity contribution in [3.05, 3.63) is 0 Å². The van der Waals surface area contributed by atoms with Crippen molar-refractivity contribution < 1.29 is 9.53 Å². The minimum atomic E-state index is -0.677. The van der Waals surface area contributed by atoms with Gasteiger partial charge >= 0.3 is 5.97 Å².